The largest absolute Gasteiger partial charge is 0.384 e. The average Bonchev–Trinajstić information content (AvgIpc) is 2.85. The first-order valence-corrected chi connectivity index (χ1v) is 7.51. The molecule has 0 bridgehead atoms. The Balaban J connectivity index is 1.64. The van der Waals surface area contributed by atoms with Crippen LogP contribution in [-0.4, -0.2) is 71.2 Å². The predicted molar refractivity (Wildman–Crippen MR) is 79.1 cm³/mol. The van der Waals surface area contributed by atoms with Crippen LogP contribution in [0.4, 0.5) is 0 Å². The van der Waals surface area contributed by atoms with Gasteiger partial charge in [-0.1, -0.05) is 0 Å². The van der Waals surface area contributed by atoms with Crippen LogP contribution < -0.4 is 0 Å². The molecular formula is C15H24N4O2. The lowest BCUT2D eigenvalue weighted by molar-refractivity contribution is -0.0732. The summed E-state index contributed by atoms with van der Waals surface area (Å²) in [4.78, 5) is 20.9. The number of likely N-dealkylation sites (tertiary alicyclic amines) is 2. The van der Waals surface area contributed by atoms with Gasteiger partial charge in [-0.2, -0.15) is 0 Å². The maximum atomic E-state index is 12.4. The molecule has 116 valence electrons. The molecule has 21 heavy (non-hydrogen) atoms. The fraction of sp³-hybridized carbons (Fsp3) is 0.733. The van der Waals surface area contributed by atoms with Crippen LogP contribution >= 0.6 is 0 Å². The Bertz CT molecular complexity index is 521. The Hall–Kier alpha value is -1.40. The highest BCUT2D eigenvalue weighted by atomic mass is 16.5. The summed E-state index contributed by atoms with van der Waals surface area (Å²) in [6.07, 6.45) is 5.75. The van der Waals surface area contributed by atoms with E-state index in [1.54, 1.807) is 19.6 Å². The molecule has 1 aromatic rings. The van der Waals surface area contributed by atoms with Crippen molar-refractivity contribution in [3.8, 4) is 0 Å². The van der Waals surface area contributed by atoms with Crippen molar-refractivity contribution >= 4 is 5.91 Å². The molecule has 1 aromatic heterocycles. The van der Waals surface area contributed by atoms with Gasteiger partial charge < -0.3 is 14.2 Å². The van der Waals surface area contributed by atoms with E-state index in [0.29, 0.717) is 11.6 Å². The maximum absolute atomic E-state index is 12.4. The summed E-state index contributed by atoms with van der Waals surface area (Å²) < 4.78 is 7.12. The highest BCUT2D eigenvalue weighted by Gasteiger charge is 2.51. The highest BCUT2D eigenvalue weighted by Crippen LogP contribution is 2.38. The van der Waals surface area contributed by atoms with Gasteiger partial charge in [0.2, 0.25) is 0 Å². The molecule has 3 heterocycles. The van der Waals surface area contributed by atoms with Crippen molar-refractivity contribution in [2.24, 2.45) is 13.0 Å². The second-order valence-corrected chi connectivity index (χ2v) is 6.55. The zero-order valence-corrected chi connectivity index (χ0v) is 13.1. The number of aryl methyl sites for hydroxylation is 1. The van der Waals surface area contributed by atoms with Crippen LogP contribution in [0.3, 0.4) is 0 Å². The number of rotatable bonds is 3. The number of nitrogens with zero attached hydrogens (tertiary/aromatic N) is 4. The second-order valence-electron chi connectivity index (χ2n) is 6.55. The molecule has 2 aliphatic rings. The lowest BCUT2D eigenvalue weighted by Gasteiger charge is -2.58. The van der Waals surface area contributed by atoms with E-state index in [4.69, 9.17) is 4.74 Å². The van der Waals surface area contributed by atoms with Crippen molar-refractivity contribution < 1.29 is 9.53 Å². The van der Waals surface area contributed by atoms with Crippen molar-refractivity contribution in [2.75, 3.05) is 40.4 Å². The summed E-state index contributed by atoms with van der Waals surface area (Å²) >= 11 is 0. The molecule has 0 saturated carbocycles. The van der Waals surface area contributed by atoms with Crippen LogP contribution in [0.5, 0.6) is 0 Å². The molecule has 0 unspecified atom stereocenters. The van der Waals surface area contributed by atoms with E-state index >= 15 is 0 Å². The van der Waals surface area contributed by atoms with Gasteiger partial charge in [0.05, 0.1) is 11.9 Å². The minimum Gasteiger partial charge on any atom is -0.384 e. The molecule has 6 heteroatoms. The molecular weight excluding hydrogens is 268 g/mol. The fourth-order valence-corrected chi connectivity index (χ4v) is 3.65. The number of carbonyl (C=O) groups is 1. The minimum atomic E-state index is 0.0449. The molecule has 1 atom stereocenters. The molecule has 0 aliphatic carbocycles. The average molecular weight is 292 g/mol. The monoisotopic (exact) mass is 292 g/mol. The Kier molecular flexibility index (Phi) is 3.75. The Labute approximate surface area is 125 Å². The van der Waals surface area contributed by atoms with Crippen molar-refractivity contribution in [3.63, 3.8) is 0 Å². The number of hydrogen-bond donors (Lipinski definition) is 0. The molecule has 0 N–H and O–H groups in total. The van der Waals surface area contributed by atoms with E-state index in [1.165, 1.54) is 6.42 Å². The van der Waals surface area contributed by atoms with Gasteiger partial charge >= 0.3 is 0 Å². The number of carbonyl (C=O) groups excluding carboxylic acids is 1. The lowest BCUT2D eigenvalue weighted by atomic mass is 9.75. The number of aromatic nitrogens is 2. The molecule has 1 spiro atoms. The third-order valence-electron chi connectivity index (χ3n) is 4.94. The molecule has 2 fully saturated rings. The smallest absolute Gasteiger partial charge is 0.274 e. The Morgan fingerprint density at radius 3 is 2.86 bits per heavy atom. The van der Waals surface area contributed by atoms with E-state index in [-0.39, 0.29) is 11.4 Å². The molecule has 2 saturated heterocycles. The summed E-state index contributed by atoms with van der Waals surface area (Å²) in [5, 5.41) is 0. The first kappa shape index (κ1) is 14.5. The van der Waals surface area contributed by atoms with Gasteiger partial charge in [0.25, 0.3) is 5.91 Å². The SMILES string of the molecule is COC[C@@H]1CCN(C)C2(C1)CN(C(=O)c1cn(C)cn1)C2. The van der Waals surface area contributed by atoms with Gasteiger partial charge in [-0.15, -0.1) is 0 Å². The van der Waals surface area contributed by atoms with Crippen molar-refractivity contribution in [2.45, 2.75) is 18.4 Å². The minimum absolute atomic E-state index is 0.0449. The number of amides is 1. The van der Waals surface area contributed by atoms with E-state index in [2.05, 4.69) is 16.9 Å². The maximum Gasteiger partial charge on any atom is 0.274 e. The third-order valence-corrected chi connectivity index (χ3v) is 4.94. The topological polar surface area (TPSA) is 50.6 Å². The number of hydrogen-bond acceptors (Lipinski definition) is 4. The van der Waals surface area contributed by atoms with Crippen LogP contribution in [0.25, 0.3) is 0 Å². The van der Waals surface area contributed by atoms with Crippen LogP contribution in [0.1, 0.15) is 23.3 Å². The van der Waals surface area contributed by atoms with E-state index in [1.807, 2.05) is 16.5 Å². The van der Waals surface area contributed by atoms with E-state index in [0.717, 1.165) is 32.7 Å². The van der Waals surface area contributed by atoms with E-state index in [9.17, 15) is 4.79 Å². The molecule has 2 aliphatic heterocycles. The Morgan fingerprint density at radius 2 is 2.24 bits per heavy atom. The molecule has 3 rings (SSSR count). The van der Waals surface area contributed by atoms with Gasteiger partial charge in [0, 0.05) is 40.1 Å². The van der Waals surface area contributed by atoms with Crippen molar-refractivity contribution in [3.05, 3.63) is 18.2 Å². The normalized spacial score (nSPS) is 25.1. The summed E-state index contributed by atoms with van der Waals surface area (Å²) in [7, 11) is 5.82. The van der Waals surface area contributed by atoms with Gasteiger partial charge in [-0.3, -0.25) is 9.69 Å². The zero-order chi connectivity index (χ0) is 15.0. The van der Waals surface area contributed by atoms with Crippen molar-refractivity contribution in [1.29, 1.82) is 0 Å². The Morgan fingerprint density at radius 1 is 1.48 bits per heavy atom. The molecule has 0 radical (unpaired) electrons. The number of imidazole rings is 1. The summed E-state index contributed by atoms with van der Waals surface area (Å²) in [5.74, 6) is 0.654. The third kappa shape index (κ3) is 2.58. The van der Waals surface area contributed by atoms with Crippen LogP contribution in [-0.2, 0) is 11.8 Å². The molecule has 0 aromatic carbocycles. The molecule has 6 nitrogen and oxygen atoms in total. The second kappa shape index (κ2) is 5.42. The van der Waals surface area contributed by atoms with Gasteiger partial charge in [-0.05, 0) is 32.4 Å². The first-order chi connectivity index (χ1) is 10.0. The van der Waals surface area contributed by atoms with Crippen LogP contribution in [0, 0.1) is 5.92 Å². The summed E-state index contributed by atoms with van der Waals surface area (Å²) in [6, 6.07) is 0. The highest BCUT2D eigenvalue weighted by molar-refractivity contribution is 5.92. The quantitative estimate of drug-likeness (QED) is 0.819. The standard InChI is InChI=1S/C15H24N4O2/c1-17-7-13(16-11-17)14(20)19-9-15(10-19)6-12(8-21-3)4-5-18(15)2/h7,11-12H,4-6,8-10H2,1-3H3/t12-/m1/s1. The summed E-state index contributed by atoms with van der Waals surface area (Å²) in [6.45, 7) is 3.52. The van der Waals surface area contributed by atoms with Crippen LogP contribution in [0.2, 0.25) is 0 Å². The predicted octanol–water partition coefficient (Wildman–Crippen LogP) is 0.603. The zero-order valence-electron chi connectivity index (χ0n) is 13.1. The number of likely N-dealkylation sites (N-methyl/N-ethyl adjacent to an activating group) is 1. The van der Waals surface area contributed by atoms with E-state index < -0.39 is 0 Å². The number of ether oxygens (including phenoxy) is 1. The lowest BCUT2D eigenvalue weighted by Crippen LogP contribution is -2.72. The van der Waals surface area contributed by atoms with Crippen molar-refractivity contribution in [1.82, 2.24) is 19.4 Å². The van der Waals surface area contributed by atoms with Crippen LogP contribution in [0.15, 0.2) is 12.5 Å². The van der Waals surface area contributed by atoms with Gasteiger partial charge in [-0.25, -0.2) is 4.98 Å². The molecule has 1 amide bonds. The number of piperidine rings is 1. The fourth-order valence-electron chi connectivity index (χ4n) is 3.65. The van der Waals surface area contributed by atoms with Gasteiger partial charge in [0.1, 0.15) is 5.69 Å². The first-order valence-electron chi connectivity index (χ1n) is 7.51. The van der Waals surface area contributed by atoms with Gasteiger partial charge in [0.15, 0.2) is 0 Å². The summed E-state index contributed by atoms with van der Waals surface area (Å²) in [5.41, 5.74) is 0.686. The number of methoxy groups -OCH3 is 1.